The van der Waals surface area contributed by atoms with Gasteiger partial charge in [0, 0.05) is 5.39 Å². The van der Waals surface area contributed by atoms with Crippen LogP contribution in [0.2, 0.25) is 0 Å². The number of pyridine rings is 1. The second-order valence-electron chi connectivity index (χ2n) is 4.79. The molecule has 0 aliphatic heterocycles. The van der Waals surface area contributed by atoms with Gasteiger partial charge in [-0.3, -0.25) is 4.98 Å². The quantitative estimate of drug-likeness (QED) is 0.755. The highest BCUT2D eigenvalue weighted by Crippen LogP contribution is 2.22. The molecule has 0 saturated carbocycles. The van der Waals surface area contributed by atoms with Crippen molar-refractivity contribution in [3.05, 3.63) is 66.4 Å². The Balaban J connectivity index is 1.99. The first kappa shape index (κ1) is 13.6. The van der Waals surface area contributed by atoms with E-state index in [1.807, 2.05) is 30.3 Å². The summed E-state index contributed by atoms with van der Waals surface area (Å²) >= 11 is 0. The molecule has 3 aromatic rings. The number of nitrogens with zero attached hydrogens (tertiary/aromatic N) is 1. The fourth-order valence-corrected chi connectivity index (χ4v) is 3.64. The zero-order valence-electron chi connectivity index (χ0n) is 11.2. The number of hydrogen-bond donors (Lipinski definition) is 1. The Labute approximate surface area is 123 Å². The predicted octanol–water partition coefficient (Wildman–Crippen LogP) is 2.79. The topological polar surface area (TPSA) is 73.1 Å². The fourth-order valence-electron chi connectivity index (χ4n) is 2.22. The Kier molecular flexibility index (Phi) is 3.35. The van der Waals surface area contributed by atoms with Crippen LogP contribution in [0.5, 0.6) is 0 Å². The Morgan fingerprint density at radius 1 is 0.905 bits per heavy atom. The lowest BCUT2D eigenvalue weighted by Crippen LogP contribution is -2.08. The van der Waals surface area contributed by atoms with Gasteiger partial charge in [0.15, 0.2) is 9.84 Å². The van der Waals surface area contributed by atoms with Gasteiger partial charge < -0.3 is 5.73 Å². The first-order valence-electron chi connectivity index (χ1n) is 6.48. The molecule has 0 fully saturated rings. The summed E-state index contributed by atoms with van der Waals surface area (Å²) in [6, 6.07) is 17.7. The minimum atomic E-state index is -3.50. The third-order valence-corrected chi connectivity index (χ3v) is 4.97. The number of aromatic nitrogens is 1. The molecule has 1 aromatic heterocycles. The second kappa shape index (κ2) is 5.18. The molecule has 0 radical (unpaired) electrons. The summed E-state index contributed by atoms with van der Waals surface area (Å²) in [7, 11) is -3.50. The van der Waals surface area contributed by atoms with E-state index >= 15 is 0 Å². The van der Waals surface area contributed by atoms with Crippen molar-refractivity contribution in [1.29, 1.82) is 0 Å². The Morgan fingerprint density at radius 3 is 2.43 bits per heavy atom. The van der Waals surface area contributed by atoms with Crippen molar-refractivity contribution < 1.29 is 8.42 Å². The number of anilines is 1. The normalized spacial score (nSPS) is 11.6. The summed E-state index contributed by atoms with van der Waals surface area (Å²) in [6.45, 7) is 0. The molecule has 2 N–H and O–H groups in total. The van der Waals surface area contributed by atoms with Crippen LogP contribution in [0.1, 0.15) is 5.69 Å². The lowest BCUT2D eigenvalue weighted by atomic mass is 10.2. The molecular weight excluding hydrogens is 284 g/mol. The average Bonchev–Trinajstić information content (AvgIpc) is 2.47. The zero-order chi connectivity index (χ0) is 14.9. The zero-order valence-corrected chi connectivity index (χ0v) is 12.0. The molecule has 4 nitrogen and oxygen atoms in total. The van der Waals surface area contributed by atoms with Crippen LogP contribution in [-0.4, -0.2) is 13.4 Å². The number of para-hydroxylation sites is 2. The van der Waals surface area contributed by atoms with Gasteiger partial charge in [-0.15, -0.1) is 0 Å². The van der Waals surface area contributed by atoms with E-state index in [-0.39, 0.29) is 16.3 Å². The van der Waals surface area contributed by atoms with Gasteiger partial charge >= 0.3 is 0 Å². The molecule has 106 valence electrons. The highest BCUT2D eigenvalue weighted by Gasteiger charge is 2.18. The molecule has 0 saturated heterocycles. The summed E-state index contributed by atoms with van der Waals surface area (Å²) in [4.78, 5) is 4.55. The Bertz CT molecular complexity index is 905. The van der Waals surface area contributed by atoms with Crippen molar-refractivity contribution >= 4 is 26.4 Å². The first-order chi connectivity index (χ1) is 10.1. The molecule has 0 unspecified atom stereocenters. The fraction of sp³-hybridized carbons (Fsp3) is 0.0625. The average molecular weight is 298 g/mol. The van der Waals surface area contributed by atoms with Crippen molar-refractivity contribution in [2.24, 2.45) is 0 Å². The van der Waals surface area contributed by atoms with E-state index in [4.69, 9.17) is 5.73 Å². The molecule has 0 aliphatic rings. The lowest BCUT2D eigenvalue weighted by molar-refractivity contribution is 0.595. The van der Waals surface area contributed by atoms with Crippen LogP contribution in [-0.2, 0) is 15.6 Å². The van der Waals surface area contributed by atoms with Gasteiger partial charge in [-0.1, -0.05) is 36.4 Å². The molecule has 0 atom stereocenters. The van der Waals surface area contributed by atoms with Gasteiger partial charge in [0.2, 0.25) is 0 Å². The van der Waals surface area contributed by atoms with Crippen molar-refractivity contribution in [2.45, 2.75) is 10.6 Å². The molecule has 3 rings (SSSR count). The molecule has 21 heavy (non-hydrogen) atoms. The SMILES string of the molecule is Nc1ccccc1S(=O)(=O)Cc1ccc2ccccc2n1. The number of nitrogens with two attached hydrogens (primary N) is 1. The van der Waals surface area contributed by atoms with Crippen LogP contribution in [0.3, 0.4) is 0 Å². The summed E-state index contributed by atoms with van der Waals surface area (Å²) in [5.41, 5.74) is 7.31. The monoisotopic (exact) mass is 298 g/mol. The molecule has 0 bridgehead atoms. The number of sulfone groups is 1. The van der Waals surface area contributed by atoms with Crippen LogP contribution in [0.15, 0.2) is 65.6 Å². The standard InChI is InChI=1S/C16H14N2O2S/c17-14-6-2-4-8-16(14)21(19,20)11-13-10-9-12-5-1-3-7-15(12)18-13/h1-10H,11,17H2. The van der Waals surface area contributed by atoms with Gasteiger partial charge in [0.05, 0.1) is 27.5 Å². The predicted molar refractivity (Wildman–Crippen MR) is 83.5 cm³/mol. The number of fused-ring (bicyclic) bond motifs is 1. The van der Waals surface area contributed by atoms with Crippen molar-refractivity contribution in [3.8, 4) is 0 Å². The van der Waals surface area contributed by atoms with E-state index in [0.29, 0.717) is 5.69 Å². The highest BCUT2D eigenvalue weighted by atomic mass is 32.2. The summed E-state index contributed by atoms with van der Waals surface area (Å²) in [5.74, 6) is -0.161. The minimum absolute atomic E-state index is 0.153. The number of rotatable bonds is 3. The third-order valence-electron chi connectivity index (χ3n) is 3.25. The van der Waals surface area contributed by atoms with Crippen LogP contribution in [0.25, 0.3) is 10.9 Å². The first-order valence-corrected chi connectivity index (χ1v) is 8.13. The summed E-state index contributed by atoms with van der Waals surface area (Å²) in [6.07, 6.45) is 0. The lowest BCUT2D eigenvalue weighted by Gasteiger charge is -2.07. The third kappa shape index (κ3) is 2.73. The maximum Gasteiger partial charge on any atom is 0.186 e. The molecule has 1 heterocycles. The van der Waals surface area contributed by atoms with Crippen LogP contribution in [0.4, 0.5) is 5.69 Å². The number of benzene rings is 2. The molecule has 0 spiro atoms. The van der Waals surface area contributed by atoms with Gasteiger partial charge in [-0.05, 0) is 24.3 Å². The number of hydrogen-bond acceptors (Lipinski definition) is 4. The molecule has 0 aliphatic carbocycles. The summed E-state index contributed by atoms with van der Waals surface area (Å²) in [5, 5.41) is 0.984. The number of nitrogen functional groups attached to an aromatic ring is 1. The van der Waals surface area contributed by atoms with E-state index in [0.717, 1.165) is 10.9 Å². The van der Waals surface area contributed by atoms with Gasteiger partial charge in [-0.2, -0.15) is 0 Å². The van der Waals surface area contributed by atoms with Gasteiger partial charge in [0.25, 0.3) is 0 Å². The van der Waals surface area contributed by atoms with Gasteiger partial charge in [0.1, 0.15) is 0 Å². The summed E-state index contributed by atoms with van der Waals surface area (Å²) < 4.78 is 24.9. The maximum absolute atomic E-state index is 12.4. The van der Waals surface area contributed by atoms with Gasteiger partial charge in [-0.25, -0.2) is 8.42 Å². The van der Waals surface area contributed by atoms with Crippen LogP contribution >= 0.6 is 0 Å². The van der Waals surface area contributed by atoms with Crippen LogP contribution in [0, 0.1) is 0 Å². The second-order valence-corrected chi connectivity index (χ2v) is 6.75. The minimum Gasteiger partial charge on any atom is -0.398 e. The van der Waals surface area contributed by atoms with E-state index in [1.165, 1.54) is 6.07 Å². The highest BCUT2D eigenvalue weighted by molar-refractivity contribution is 7.90. The van der Waals surface area contributed by atoms with Crippen LogP contribution < -0.4 is 5.73 Å². The molecule has 2 aromatic carbocycles. The molecule has 0 amide bonds. The van der Waals surface area contributed by atoms with Crippen molar-refractivity contribution in [3.63, 3.8) is 0 Å². The van der Waals surface area contributed by atoms with E-state index in [2.05, 4.69) is 4.98 Å². The van der Waals surface area contributed by atoms with E-state index in [9.17, 15) is 8.42 Å². The molecular formula is C16H14N2O2S. The van der Waals surface area contributed by atoms with E-state index in [1.54, 1.807) is 24.3 Å². The smallest absolute Gasteiger partial charge is 0.186 e. The molecule has 5 heteroatoms. The van der Waals surface area contributed by atoms with E-state index < -0.39 is 9.84 Å². The van der Waals surface area contributed by atoms with Crippen molar-refractivity contribution in [2.75, 3.05) is 5.73 Å². The maximum atomic E-state index is 12.4. The van der Waals surface area contributed by atoms with Crippen molar-refractivity contribution in [1.82, 2.24) is 4.98 Å². The Morgan fingerprint density at radius 2 is 1.62 bits per heavy atom. The largest absolute Gasteiger partial charge is 0.398 e. The Hall–Kier alpha value is -2.40.